The van der Waals surface area contributed by atoms with Crippen molar-refractivity contribution in [3.63, 3.8) is 0 Å². The Morgan fingerprint density at radius 1 is 0.839 bits per heavy atom. The third kappa shape index (κ3) is 4.35. The first-order valence-electron chi connectivity index (χ1n) is 10.8. The Bertz CT molecular complexity index is 1230. The minimum absolute atomic E-state index is 0.0452. The van der Waals surface area contributed by atoms with Crippen molar-refractivity contribution >= 4 is 11.0 Å². The van der Waals surface area contributed by atoms with E-state index in [1.54, 1.807) is 7.11 Å². The Labute approximate surface area is 184 Å². The van der Waals surface area contributed by atoms with Crippen molar-refractivity contribution < 1.29 is 4.74 Å². The van der Waals surface area contributed by atoms with E-state index in [0.29, 0.717) is 18.8 Å². The first-order valence-corrected chi connectivity index (χ1v) is 10.8. The van der Waals surface area contributed by atoms with E-state index in [2.05, 4.69) is 96.6 Å². The predicted octanol–water partition coefficient (Wildman–Crippen LogP) is 5.33. The smallest absolute Gasteiger partial charge is 0.203 e. The van der Waals surface area contributed by atoms with Crippen LogP contribution in [0.5, 0.6) is 0 Å². The summed E-state index contributed by atoms with van der Waals surface area (Å²) in [6, 6.07) is 23.6. The Morgan fingerprint density at radius 2 is 1.45 bits per heavy atom. The fourth-order valence-electron chi connectivity index (χ4n) is 4.35. The average Bonchev–Trinajstić information content (AvgIpc) is 3.03. The standard InChI is InChI=1S/C27H31N3O/c1-19-8-12-22(13-9-19)16-24(18-31-4)30-25-7-5-6-21(3)26(25)29(27(30)28)17-23-14-10-20(2)11-15-23/h5-15,24,28H,16-18H2,1-4H3. The largest absolute Gasteiger partial charge is 0.383 e. The summed E-state index contributed by atoms with van der Waals surface area (Å²) in [6.45, 7) is 7.57. The first-order chi connectivity index (χ1) is 15.0. The SMILES string of the molecule is COCC(Cc1ccc(C)cc1)n1c(=N)n(Cc2ccc(C)cc2)c2c(C)cccc21. The van der Waals surface area contributed by atoms with Crippen molar-refractivity contribution in [2.45, 2.75) is 39.8 Å². The molecule has 0 aliphatic carbocycles. The molecule has 4 nitrogen and oxygen atoms in total. The highest BCUT2D eigenvalue weighted by molar-refractivity contribution is 5.79. The molecular formula is C27H31N3O. The van der Waals surface area contributed by atoms with Crippen LogP contribution in [0, 0.1) is 26.2 Å². The van der Waals surface area contributed by atoms with Crippen LogP contribution in [0.15, 0.2) is 66.7 Å². The van der Waals surface area contributed by atoms with Gasteiger partial charge >= 0.3 is 0 Å². The number of para-hydroxylation sites is 1. The number of hydrogen-bond acceptors (Lipinski definition) is 2. The minimum Gasteiger partial charge on any atom is -0.383 e. The molecule has 1 atom stereocenters. The fraction of sp³-hybridized carbons (Fsp3) is 0.296. The van der Waals surface area contributed by atoms with Gasteiger partial charge in [-0.25, -0.2) is 0 Å². The van der Waals surface area contributed by atoms with Gasteiger partial charge in [0.2, 0.25) is 5.62 Å². The maximum absolute atomic E-state index is 9.14. The number of nitrogens with one attached hydrogen (secondary N) is 1. The molecule has 31 heavy (non-hydrogen) atoms. The molecule has 4 rings (SSSR count). The van der Waals surface area contributed by atoms with Crippen LogP contribution in [-0.2, 0) is 17.7 Å². The van der Waals surface area contributed by atoms with Gasteiger partial charge in [-0.1, -0.05) is 71.8 Å². The van der Waals surface area contributed by atoms with E-state index in [-0.39, 0.29) is 6.04 Å². The summed E-state index contributed by atoms with van der Waals surface area (Å²) in [5.74, 6) is 0. The molecule has 0 fully saturated rings. The molecule has 4 heteroatoms. The van der Waals surface area contributed by atoms with Gasteiger partial charge in [0.1, 0.15) is 0 Å². The van der Waals surface area contributed by atoms with Gasteiger partial charge in [0, 0.05) is 7.11 Å². The second kappa shape index (κ2) is 8.94. The molecule has 4 aromatic rings. The Kier molecular flexibility index (Phi) is 6.10. The lowest BCUT2D eigenvalue weighted by Crippen LogP contribution is -2.31. The molecule has 1 N–H and O–H groups in total. The highest BCUT2D eigenvalue weighted by Crippen LogP contribution is 2.24. The van der Waals surface area contributed by atoms with Crippen LogP contribution in [0.1, 0.15) is 33.9 Å². The highest BCUT2D eigenvalue weighted by atomic mass is 16.5. The normalized spacial score (nSPS) is 12.4. The zero-order valence-electron chi connectivity index (χ0n) is 18.9. The molecule has 160 valence electrons. The van der Waals surface area contributed by atoms with Crippen LogP contribution in [0.2, 0.25) is 0 Å². The van der Waals surface area contributed by atoms with E-state index >= 15 is 0 Å². The number of aromatic nitrogens is 2. The zero-order valence-corrected chi connectivity index (χ0v) is 18.9. The molecule has 0 saturated carbocycles. The van der Waals surface area contributed by atoms with Crippen molar-refractivity contribution in [2.24, 2.45) is 0 Å². The molecular weight excluding hydrogens is 382 g/mol. The quantitative estimate of drug-likeness (QED) is 0.437. The molecule has 0 spiro atoms. The molecule has 1 heterocycles. The number of methoxy groups -OCH3 is 1. The van der Waals surface area contributed by atoms with Crippen LogP contribution in [0.3, 0.4) is 0 Å². The van der Waals surface area contributed by atoms with E-state index in [0.717, 1.165) is 17.5 Å². The predicted molar refractivity (Wildman–Crippen MR) is 127 cm³/mol. The molecule has 0 aliphatic rings. The van der Waals surface area contributed by atoms with E-state index in [9.17, 15) is 0 Å². The van der Waals surface area contributed by atoms with Crippen molar-refractivity contribution in [2.75, 3.05) is 13.7 Å². The van der Waals surface area contributed by atoms with E-state index in [1.807, 2.05) is 0 Å². The molecule has 3 aromatic carbocycles. The summed E-state index contributed by atoms with van der Waals surface area (Å²) in [4.78, 5) is 0. The lowest BCUT2D eigenvalue weighted by atomic mass is 10.0. The molecule has 0 aliphatic heterocycles. The van der Waals surface area contributed by atoms with Gasteiger partial charge in [0.25, 0.3) is 0 Å². The summed E-state index contributed by atoms with van der Waals surface area (Å²) in [5, 5.41) is 9.14. The summed E-state index contributed by atoms with van der Waals surface area (Å²) < 4.78 is 9.90. The minimum atomic E-state index is 0.0452. The van der Waals surface area contributed by atoms with Crippen molar-refractivity contribution in [3.05, 3.63) is 100 Å². The lowest BCUT2D eigenvalue weighted by Gasteiger charge is -2.19. The van der Waals surface area contributed by atoms with Crippen LogP contribution in [0.4, 0.5) is 0 Å². The summed E-state index contributed by atoms with van der Waals surface area (Å²) >= 11 is 0. The molecule has 1 unspecified atom stereocenters. The second-order valence-corrected chi connectivity index (χ2v) is 8.51. The van der Waals surface area contributed by atoms with Gasteiger partial charge < -0.3 is 13.9 Å². The van der Waals surface area contributed by atoms with Gasteiger partial charge in [-0.3, -0.25) is 5.41 Å². The number of nitrogens with zero attached hydrogens (tertiary/aromatic N) is 2. The number of benzene rings is 3. The lowest BCUT2D eigenvalue weighted by molar-refractivity contribution is 0.154. The van der Waals surface area contributed by atoms with Gasteiger partial charge in [-0.05, 0) is 49.9 Å². The highest BCUT2D eigenvalue weighted by Gasteiger charge is 2.20. The van der Waals surface area contributed by atoms with Crippen molar-refractivity contribution in [1.82, 2.24) is 9.13 Å². The zero-order chi connectivity index (χ0) is 22.0. The fourth-order valence-corrected chi connectivity index (χ4v) is 4.35. The van der Waals surface area contributed by atoms with Gasteiger partial charge in [-0.2, -0.15) is 0 Å². The molecule has 0 amide bonds. The topological polar surface area (TPSA) is 42.9 Å². The average molecular weight is 414 g/mol. The third-order valence-electron chi connectivity index (χ3n) is 6.01. The monoisotopic (exact) mass is 413 g/mol. The number of hydrogen-bond donors (Lipinski definition) is 1. The number of aryl methyl sites for hydroxylation is 3. The van der Waals surface area contributed by atoms with Gasteiger partial charge in [0.05, 0.1) is 30.2 Å². The Balaban J connectivity index is 1.83. The molecule has 1 aromatic heterocycles. The first kappa shape index (κ1) is 21.1. The molecule has 0 bridgehead atoms. The van der Waals surface area contributed by atoms with E-state index < -0.39 is 0 Å². The van der Waals surface area contributed by atoms with Gasteiger partial charge in [-0.15, -0.1) is 0 Å². The summed E-state index contributed by atoms with van der Waals surface area (Å²) in [5.41, 5.74) is 8.87. The Hall–Kier alpha value is -3.11. The Morgan fingerprint density at radius 3 is 2.06 bits per heavy atom. The number of fused-ring (bicyclic) bond motifs is 1. The maximum Gasteiger partial charge on any atom is 0.203 e. The van der Waals surface area contributed by atoms with E-state index in [1.165, 1.54) is 27.8 Å². The van der Waals surface area contributed by atoms with Crippen molar-refractivity contribution in [3.8, 4) is 0 Å². The second-order valence-electron chi connectivity index (χ2n) is 8.51. The van der Waals surface area contributed by atoms with Crippen LogP contribution < -0.4 is 5.62 Å². The van der Waals surface area contributed by atoms with Crippen LogP contribution in [-0.4, -0.2) is 22.9 Å². The maximum atomic E-state index is 9.14. The van der Waals surface area contributed by atoms with Crippen LogP contribution >= 0.6 is 0 Å². The van der Waals surface area contributed by atoms with Crippen molar-refractivity contribution in [1.29, 1.82) is 5.41 Å². The van der Waals surface area contributed by atoms with E-state index in [4.69, 9.17) is 10.1 Å². The molecule has 0 radical (unpaired) electrons. The summed E-state index contributed by atoms with van der Waals surface area (Å²) in [7, 11) is 1.74. The van der Waals surface area contributed by atoms with Crippen LogP contribution in [0.25, 0.3) is 11.0 Å². The third-order valence-corrected chi connectivity index (χ3v) is 6.01. The summed E-state index contributed by atoms with van der Waals surface area (Å²) in [6.07, 6.45) is 0.822. The molecule has 0 saturated heterocycles. The number of ether oxygens (including phenoxy) is 1. The van der Waals surface area contributed by atoms with Gasteiger partial charge in [0.15, 0.2) is 0 Å². The number of imidazole rings is 1. The number of rotatable bonds is 7.